The van der Waals surface area contributed by atoms with Crippen molar-refractivity contribution >= 4 is 70.0 Å². The number of benzene rings is 8. The Labute approximate surface area is 299 Å². The minimum Gasteiger partial charge on any atom is -0.310 e. The van der Waals surface area contributed by atoms with E-state index in [1.807, 2.05) is 23.5 Å². The average molecular weight is 668 g/mol. The van der Waals surface area contributed by atoms with E-state index in [9.17, 15) is 0 Å². The van der Waals surface area contributed by atoms with Crippen LogP contribution in [0.15, 0.2) is 176 Å². The molecule has 3 nitrogen and oxygen atoms in total. The largest absolute Gasteiger partial charge is 0.310 e. The molecule has 2 heterocycles. The molecule has 0 saturated heterocycles. The summed E-state index contributed by atoms with van der Waals surface area (Å²) in [5.74, 6) is 0. The molecule has 0 fully saturated rings. The fraction of sp³-hybridized carbons (Fsp3) is 0. The average Bonchev–Trinajstić information content (AvgIpc) is 3.25. The first-order valence-corrected chi connectivity index (χ1v) is 17.9. The van der Waals surface area contributed by atoms with E-state index in [1.54, 1.807) is 0 Å². The third-order valence-corrected chi connectivity index (χ3v) is 11.2. The van der Waals surface area contributed by atoms with Gasteiger partial charge in [-0.3, -0.25) is 0 Å². The van der Waals surface area contributed by atoms with Gasteiger partial charge >= 0.3 is 0 Å². The van der Waals surface area contributed by atoms with Crippen molar-refractivity contribution in [2.24, 2.45) is 0 Å². The fourth-order valence-corrected chi connectivity index (χ4v) is 8.91. The summed E-state index contributed by atoms with van der Waals surface area (Å²) in [6.07, 6.45) is 0. The van der Waals surface area contributed by atoms with E-state index < -0.39 is 0 Å². The quantitative estimate of drug-likeness (QED) is 0.101. The Balaban J connectivity index is 1.39. The molecule has 10 aromatic rings. The molecule has 6 bridgehead atoms. The maximum absolute atomic E-state index is 8.28. The zero-order valence-corrected chi connectivity index (χ0v) is 28.3. The molecule has 0 amide bonds. The second-order valence-corrected chi connectivity index (χ2v) is 13.9. The maximum Gasteiger partial charge on any atom is 0.191 e. The van der Waals surface area contributed by atoms with Gasteiger partial charge in [0.05, 0.1) is 38.0 Å². The summed E-state index contributed by atoms with van der Waals surface area (Å²) in [4.78, 5) is 4.06. The first-order chi connectivity index (χ1) is 25.2. The highest BCUT2D eigenvalue weighted by atomic mass is 32.1. The van der Waals surface area contributed by atoms with Gasteiger partial charge in [0.2, 0.25) is 0 Å². The van der Waals surface area contributed by atoms with Crippen molar-refractivity contribution in [3.63, 3.8) is 0 Å². The van der Waals surface area contributed by atoms with Crippen molar-refractivity contribution in [2.45, 2.75) is 0 Å². The number of hydrogen-bond acceptors (Lipinski definition) is 1. The van der Waals surface area contributed by atoms with E-state index >= 15 is 0 Å². The van der Waals surface area contributed by atoms with Crippen LogP contribution in [0.3, 0.4) is 0 Å². The second kappa shape index (κ2) is 11.7. The Morgan fingerprint density at radius 1 is 0.412 bits per heavy atom. The van der Waals surface area contributed by atoms with Crippen molar-refractivity contribution in [1.82, 2.24) is 9.13 Å². The van der Waals surface area contributed by atoms with Crippen LogP contribution < -0.4 is 0 Å². The molecule has 0 atom stereocenters. The topological polar surface area (TPSA) is 14.2 Å². The van der Waals surface area contributed by atoms with Crippen molar-refractivity contribution in [3.05, 3.63) is 187 Å². The minimum atomic E-state index is 0.597. The molecule has 0 aliphatic rings. The van der Waals surface area contributed by atoms with Gasteiger partial charge in [-0.2, -0.15) is 0 Å². The number of para-hydroxylation sites is 1. The standard InChI is InChI=1S/C47H29N3S/c1-48-36-29-43-46-44(30-36)50(38-26-21-34(22-27-38)32-13-6-3-7-14-32)42-28-23-35-15-10-17-40(45(35)47(42)51-46)39-16-8-9-18-41(39)49(43)37-24-19-33(20-25-37)31-11-4-2-5-12-31/h2-30H. The van der Waals surface area contributed by atoms with Gasteiger partial charge in [-0.25, -0.2) is 4.85 Å². The van der Waals surface area contributed by atoms with Crippen LogP contribution in [-0.2, 0) is 0 Å². The lowest BCUT2D eigenvalue weighted by atomic mass is 10.0. The fourth-order valence-electron chi connectivity index (χ4n) is 7.61. The van der Waals surface area contributed by atoms with Crippen LogP contribution in [0.4, 0.5) is 5.69 Å². The van der Waals surface area contributed by atoms with Gasteiger partial charge in [0.1, 0.15) is 0 Å². The van der Waals surface area contributed by atoms with E-state index in [1.165, 1.54) is 37.5 Å². The van der Waals surface area contributed by atoms with E-state index in [-0.39, 0.29) is 0 Å². The number of fused-ring (bicyclic) bond motifs is 2. The Kier molecular flexibility index (Phi) is 6.74. The van der Waals surface area contributed by atoms with Gasteiger partial charge in [-0.05, 0) is 81.6 Å². The zero-order valence-electron chi connectivity index (χ0n) is 27.5. The molecule has 8 aromatic carbocycles. The van der Waals surface area contributed by atoms with Crippen LogP contribution in [-0.4, -0.2) is 9.13 Å². The number of rotatable bonds is 4. The Bertz CT molecular complexity index is 2990. The molecule has 0 radical (unpaired) electrons. The Morgan fingerprint density at radius 3 is 1.55 bits per heavy atom. The molecule has 0 spiro atoms. The van der Waals surface area contributed by atoms with Crippen LogP contribution in [0.5, 0.6) is 0 Å². The van der Waals surface area contributed by atoms with E-state index in [0.29, 0.717) is 5.69 Å². The van der Waals surface area contributed by atoms with Gasteiger partial charge in [-0.15, -0.1) is 11.3 Å². The molecule has 0 unspecified atom stereocenters. The van der Waals surface area contributed by atoms with Gasteiger partial charge in [0, 0.05) is 22.1 Å². The normalized spacial score (nSPS) is 11.5. The predicted molar refractivity (Wildman–Crippen MR) is 216 cm³/mol. The smallest absolute Gasteiger partial charge is 0.191 e. The summed E-state index contributed by atoms with van der Waals surface area (Å²) in [6.45, 7) is 8.28. The molecule has 10 rings (SSSR count). The highest BCUT2D eigenvalue weighted by Crippen LogP contribution is 2.43. The molecule has 0 N–H and O–H groups in total. The van der Waals surface area contributed by atoms with Crippen LogP contribution in [0.25, 0.3) is 91.5 Å². The Hall–Kier alpha value is -6.67. The third-order valence-electron chi connectivity index (χ3n) is 9.97. The highest BCUT2D eigenvalue weighted by Gasteiger charge is 2.19. The third kappa shape index (κ3) is 4.71. The lowest BCUT2D eigenvalue weighted by molar-refractivity contribution is 1.16. The molecule has 2 aromatic heterocycles. The van der Waals surface area contributed by atoms with E-state index in [0.717, 1.165) is 49.1 Å². The number of nitrogens with zero attached hydrogens (tertiary/aromatic N) is 3. The van der Waals surface area contributed by atoms with Crippen LogP contribution in [0.2, 0.25) is 0 Å². The van der Waals surface area contributed by atoms with Crippen LogP contribution >= 0.6 is 11.3 Å². The molecule has 0 aliphatic carbocycles. The Morgan fingerprint density at radius 2 is 0.941 bits per heavy atom. The maximum atomic E-state index is 8.28. The molecule has 51 heavy (non-hydrogen) atoms. The summed E-state index contributed by atoms with van der Waals surface area (Å²) in [5, 5.41) is 4.79. The summed E-state index contributed by atoms with van der Waals surface area (Å²) < 4.78 is 7.05. The van der Waals surface area contributed by atoms with Gasteiger partial charge < -0.3 is 9.13 Å². The zero-order chi connectivity index (χ0) is 33.9. The SMILES string of the molecule is [C-]#[N+]c1cc2c3sc4c5c(cccc5c5ccccc5n2-c2ccc(-c5ccccc5)cc2)ccc4n(-c2ccc(-c4ccccc4)cc2)c3c1. The lowest BCUT2D eigenvalue weighted by Crippen LogP contribution is -2.01. The minimum absolute atomic E-state index is 0.597. The first-order valence-electron chi connectivity index (χ1n) is 17.0. The molecule has 0 aliphatic heterocycles. The monoisotopic (exact) mass is 667 g/mol. The molecular formula is C47H29N3S. The predicted octanol–water partition coefficient (Wildman–Crippen LogP) is 13.5. The summed E-state index contributed by atoms with van der Waals surface area (Å²) in [7, 11) is 0. The van der Waals surface area contributed by atoms with Gasteiger partial charge in [-0.1, -0.05) is 127 Å². The van der Waals surface area contributed by atoms with E-state index in [4.69, 9.17) is 6.57 Å². The summed E-state index contributed by atoms with van der Waals surface area (Å²) >= 11 is 1.82. The molecular weight excluding hydrogens is 639 g/mol. The number of aromatic nitrogens is 2. The van der Waals surface area contributed by atoms with Crippen molar-refractivity contribution < 1.29 is 0 Å². The van der Waals surface area contributed by atoms with E-state index in [2.05, 4.69) is 178 Å². The van der Waals surface area contributed by atoms with Gasteiger partial charge in [0.25, 0.3) is 0 Å². The first kappa shape index (κ1) is 29.3. The highest BCUT2D eigenvalue weighted by molar-refractivity contribution is 7.26. The summed E-state index contributed by atoms with van der Waals surface area (Å²) in [6, 6.07) is 62.6. The summed E-state index contributed by atoms with van der Waals surface area (Å²) in [5.41, 5.74) is 11.6. The number of hydrogen-bond donors (Lipinski definition) is 0. The molecule has 4 heteroatoms. The molecule has 238 valence electrons. The van der Waals surface area contributed by atoms with Crippen LogP contribution in [0, 0.1) is 6.57 Å². The van der Waals surface area contributed by atoms with Crippen molar-refractivity contribution in [2.75, 3.05) is 0 Å². The van der Waals surface area contributed by atoms with Crippen molar-refractivity contribution in [1.29, 1.82) is 0 Å². The van der Waals surface area contributed by atoms with Crippen LogP contribution in [0.1, 0.15) is 0 Å². The van der Waals surface area contributed by atoms with Gasteiger partial charge in [0.15, 0.2) is 5.69 Å². The lowest BCUT2D eigenvalue weighted by Gasteiger charge is -2.19. The molecule has 0 saturated carbocycles. The second-order valence-electron chi connectivity index (χ2n) is 12.9. The van der Waals surface area contributed by atoms with Crippen molar-refractivity contribution in [3.8, 4) is 33.6 Å².